The van der Waals surface area contributed by atoms with E-state index in [0.29, 0.717) is 30.4 Å². The van der Waals surface area contributed by atoms with E-state index in [-0.39, 0.29) is 12.6 Å². The fourth-order valence-corrected chi connectivity index (χ4v) is 3.26. The van der Waals surface area contributed by atoms with Gasteiger partial charge in [-0.05, 0) is 42.0 Å². The first-order valence-electron chi connectivity index (χ1n) is 9.70. The quantitative estimate of drug-likeness (QED) is 0.560. The molecule has 0 unspecified atom stereocenters. The Labute approximate surface area is 165 Å². The van der Waals surface area contributed by atoms with E-state index in [1.165, 1.54) is 18.2 Å². The average Bonchev–Trinajstić information content (AvgIpc) is 2.72. The highest BCUT2D eigenvalue weighted by Crippen LogP contribution is 2.27. The van der Waals surface area contributed by atoms with Crippen molar-refractivity contribution in [2.45, 2.75) is 39.2 Å². The number of rotatable bonds is 7. The molecule has 1 aromatic carbocycles. The number of nitrogens with zero attached hydrogens (tertiary/aromatic N) is 3. The van der Waals surface area contributed by atoms with Gasteiger partial charge in [-0.15, -0.1) is 0 Å². The number of aromatic nitrogens is 2. The Morgan fingerprint density at radius 2 is 2.11 bits per heavy atom. The van der Waals surface area contributed by atoms with E-state index >= 15 is 0 Å². The minimum Gasteiger partial charge on any atom is -0.465 e. The van der Waals surface area contributed by atoms with E-state index in [4.69, 9.17) is 14.8 Å². The molecule has 0 amide bonds. The first-order valence-corrected chi connectivity index (χ1v) is 9.70. The van der Waals surface area contributed by atoms with Gasteiger partial charge in [0, 0.05) is 32.3 Å². The van der Waals surface area contributed by atoms with Crippen molar-refractivity contribution < 1.29 is 14.6 Å². The lowest BCUT2D eigenvalue weighted by molar-refractivity contribution is 0.0600. The fraction of sp³-hybridized carbons (Fsp3) is 0.476. The SMILES string of the molecule is COC(=O)c1ccc2c(c1)CCN(c1cc(C(C)C)nc(NCCCO)n1)C2. The molecule has 0 fully saturated rings. The number of ether oxygens (including phenoxy) is 1. The number of anilines is 2. The fourth-order valence-electron chi connectivity index (χ4n) is 3.26. The Morgan fingerprint density at radius 1 is 1.29 bits per heavy atom. The van der Waals surface area contributed by atoms with Gasteiger partial charge in [0.05, 0.1) is 18.4 Å². The van der Waals surface area contributed by atoms with Gasteiger partial charge in [-0.3, -0.25) is 0 Å². The summed E-state index contributed by atoms with van der Waals surface area (Å²) in [4.78, 5) is 23.3. The summed E-state index contributed by atoms with van der Waals surface area (Å²) >= 11 is 0. The van der Waals surface area contributed by atoms with Gasteiger partial charge in [-0.25, -0.2) is 9.78 Å². The molecule has 1 aliphatic rings. The zero-order chi connectivity index (χ0) is 20.1. The van der Waals surface area contributed by atoms with Crippen molar-refractivity contribution >= 4 is 17.7 Å². The van der Waals surface area contributed by atoms with E-state index in [9.17, 15) is 4.79 Å². The van der Waals surface area contributed by atoms with E-state index in [1.807, 2.05) is 18.2 Å². The van der Waals surface area contributed by atoms with Crippen LogP contribution in [0.4, 0.5) is 11.8 Å². The van der Waals surface area contributed by atoms with Crippen LogP contribution in [0.25, 0.3) is 0 Å². The summed E-state index contributed by atoms with van der Waals surface area (Å²) in [7, 11) is 1.40. The molecule has 2 aromatic rings. The number of hydrogen-bond donors (Lipinski definition) is 2. The normalized spacial score (nSPS) is 13.4. The summed E-state index contributed by atoms with van der Waals surface area (Å²) in [6, 6.07) is 7.80. The van der Waals surface area contributed by atoms with E-state index in [2.05, 4.69) is 35.1 Å². The second-order valence-electron chi connectivity index (χ2n) is 7.28. The molecule has 1 aliphatic heterocycles. The van der Waals surface area contributed by atoms with Crippen LogP contribution in [0.1, 0.15) is 53.4 Å². The van der Waals surface area contributed by atoms with Crippen LogP contribution in [-0.4, -0.2) is 47.8 Å². The van der Waals surface area contributed by atoms with Crippen LogP contribution in [0.3, 0.4) is 0 Å². The van der Waals surface area contributed by atoms with Crippen LogP contribution in [0.2, 0.25) is 0 Å². The summed E-state index contributed by atoms with van der Waals surface area (Å²) in [5.74, 6) is 1.48. The van der Waals surface area contributed by atoms with Crippen molar-refractivity contribution in [2.75, 3.05) is 37.0 Å². The van der Waals surface area contributed by atoms with Crippen LogP contribution < -0.4 is 10.2 Å². The predicted molar refractivity (Wildman–Crippen MR) is 109 cm³/mol. The summed E-state index contributed by atoms with van der Waals surface area (Å²) in [5.41, 5.74) is 3.95. The Morgan fingerprint density at radius 3 is 2.82 bits per heavy atom. The van der Waals surface area contributed by atoms with Crippen LogP contribution >= 0.6 is 0 Å². The molecule has 2 N–H and O–H groups in total. The smallest absolute Gasteiger partial charge is 0.337 e. The molecule has 0 saturated carbocycles. The predicted octanol–water partition coefficient (Wildman–Crippen LogP) is 2.74. The number of nitrogens with one attached hydrogen (secondary N) is 1. The van der Waals surface area contributed by atoms with Gasteiger partial charge in [0.2, 0.25) is 5.95 Å². The third-order valence-corrected chi connectivity index (χ3v) is 4.91. The maximum absolute atomic E-state index is 11.8. The van der Waals surface area contributed by atoms with Gasteiger partial charge in [0.25, 0.3) is 0 Å². The molecule has 0 bridgehead atoms. The number of carbonyl (C=O) groups is 1. The zero-order valence-electron chi connectivity index (χ0n) is 16.7. The number of esters is 1. The second-order valence-corrected chi connectivity index (χ2v) is 7.28. The summed E-state index contributed by atoms with van der Waals surface area (Å²) in [6.07, 6.45) is 1.50. The maximum atomic E-state index is 11.8. The van der Waals surface area contributed by atoms with Crippen molar-refractivity contribution in [3.8, 4) is 0 Å². The van der Waals surface area contributed by atoms with Gasteiger partial charge >= 0.3 is 5.97 Å². The Bertz CT molecular complexity index is 838. The van der Waals surface area contributed by atoms with Gasteiger partial charge in [-0.1, -0.05) is 19.9 Å². The van der Waals surface area contributed by atoms with Crippen LogP contribution in [-0.2, 0) is 17.7 Å². The molecule has 0 atom stereocenters. The largest absolute Gasteiger partial charge is 0.465 e. The average molecular weight is 384 g/mol. The minimum absolute atomic E-state index is 0.139. The number of benzene rings is 1. The number of carbonyl (C=O) groups excluding carboxylic acids is 1. The van der Waals surface area contributed by atoms with E-state index < -0.39 is 0 Å². The lowest BCUT2D eigenvalue weighted by Crippen LogP contribution is -2.31. The number of methoxy groups -OCH3 is 1. The van der Waals surface area contributed by atoms with Crippen molar-refractivity contribution in [3.63, 3.8) is 0 Å². The topological polar surface area (TPSA) is 87.6 Å². The monoisotopic (exact) mass is 384 g/mol. The zero-order valence-corrected chi connectivity index (χ0v) is 16.7. The summed E-state index contributed by atoms with van der Waals surface area (Å²) in [6.45, 7) is 6.56. The Kier molecular flexibility index (Phi) is 6.46. The third kappa shape index (κ3) is 4.59. The molecule has 2 heterocycles. The van der Waals surface area contributed by atoms with Crippen molar-refractivity contribution in [1.29, 1.82) is 0 Å². The lowest BCUT2D eigenvalue weighted by Gasteiger charge is -2.30. The summed E-state index contributed by atoms with van der Waals surface area (Å²) in [5, 5.41) is 12.2. The highest BCUT2D eigenvalue weighted by molar-refractivity contribution is 5.89. The third-order valence-electron chi connectivity index (χ3n) is 4.91. The maximum Gasteiger partial charge on any atom is 0.337 e. The number of fused-ring (bicyclic) bond motifs is 1. The van der Waals surface area contributed by atoms with Crippen LogP contribution in [0.15, 0.2) is 24.3 Å². The van der Waals surface area contributed by atoms with Gasteiger partial charge < -0.3 is 20.1 Å². The molecule has 0 saturated heterocycles. The first-order chi connectivity index (χ1) is 13.5. The molecule has 28 heavy (non-hydrogen) atoms. The Balaban J connectivity index is 1.82. The highest BCUT2D eigenvalue weighted by Gasteiger charge is 2.21. The van der Waals surface area contributed by atoms with E-state index in [0.717, 1.165) is 31.0 Å². The standard InChI is InChI=1S/C21H28N4O3/c1-14(2)18-12-19(24-21(23-18)22-8-4-10-26)25-9-7-15-11-16(20(27)28-3)5-6-17(15)13-25/h5-6,11-12,14,26H,4,7-10,13H2,1-3H3,(H,22,23,24). The molecule has 1 aromatic heterocycles. The molecule has 3 rings (SSSR count). The molecular formula is C21H28N4O3. The van der Waals surface area contributed by atoms with Crippen LogP contribution in [0.5, 0.6) is 0 Å². The number of aliphatic hydroxyl groups excluding tert-OH is 1. The minimum atomic E-state index is -0.304. The molecule has 0 aliphatic carbocycles. The number of hydrogen-bond acceptors (Lipinski definition) is 7. The molecule has 150 valence electrons. The molecule has 0 radical (unpaired) electrons. The molecule has 7 heteroatoms. The van der Waals surface area contributed by atoms with Crippen molar-refractivity contribution in [1.82, 2.24) is 9.97 Å². The van der Waals surface area contributed by atoms with Crippen LogP contribution in [0, 0.1) is 0 Å². The van der Waals surface area contributed by atoms with Gasteiger partial charge in [-0.2, -0.15) is 4.98 Å². The van der Waals surface area contributed by atoms with Gasteiger partial charge in [0.15, 0.2) is 0 Å². The molecule has 0 spiro atoms. The van der Waals surface area contributed by atoms with E-state index in [1.54, 1.807) is 0 Å². The van der Waals surface area contributed by atoms with Crippen molar-refractivity contribution in [2.24, 2.45) is 0 Å². The Hall–Kier alpha value is -2.67. The molecular weight excluding hydrogens is 356 g/mol. The molecule has 7 nitrogen and oxygen atoms in total. The highest BCUT2D eigenvalue weighted by atomic mass is 16.5. The number of aliphatic hydroxyl groups is 1. The van der Waals surface area contributed by atoms with Crippen molar-refractivity contribution in [3.05, 3.63) is 46.6 Å². The van der Waals surface area contributed by atoms with Gasteiger partial charge in [0.1, 0.15) is 5.82 Å². The lowest BCUT2D eigenvalue weighted by atomic mass is 9.97. The summed E-state index contributed by atoms with van der Waals surface area (Å²) < 4.78 is 4.82. The second kappa shape index (κ2) is 9.01. The first kappa shape index (κ1) is 20.1.